The largest absolute Gasteiger partial charge is 0.472 e. The van der Waals surface area contributed by atoms with Crippen molar-refractivity contribution in [3.05, 3.63) is 12.2 Å². The number of carbonyl (C=O) groups excluding carboxylic acids is 1. The van der Waals surface area contributed by atoms with Gasteiger partial charge in [0.15, 0.2) is 0 Å². The Labute approximate surface area is 291 Å². The van der Waals surface area contributed by atoms with Crippen molar-refractivity contribution in [1.82, 2.24) is 5.32 Å². The summed E-state index contributed by atoms with van der Waals surface area (Å²) in [5, 5.41) is 13.6. The van der Waals surface area contributed by atoms with Crippen LogP contribution < -0.4 is 5.32 Å². The molecule has 8 nitrogen and oxygen atoms in total. The van der Waals surface area contributed by atoms with Crippen LogP contribution in [0.4, 0.5) is 0 Å². The molecule has 3 N–H and O–H groups in total. The minimum atomic E-state index is -4.32. The van der Waals surface area contributed by atoms with Gasteiger partial charge in [-0.05, 0) is 19.3 Å². The molecule has 0 spiro atoms. The summed E-state index contributed by atoms with van der Waals surface area (Å²) in [7, 11) is 1.57. The number of phosphoric ester groups is 1. The molecule has 0 fully saturated rings. The van der Waals surface area contributed by atoms with E-state index in [0.717, 1.165) is 38.5 Å². The summed E-state index contributed by atoms with van der Waals surface area (Å²) in [6.07, 6.45) is 32.9. The third-order valence-electron chi connectivity index (χ3n) is 8.76. The van der Waals surface area contributed by atoms with Gasteiger partial charge in [0.2, 0.25) is 5.91 Å². The third-order valence-corrected chi connectivity index (χ3v) is 9.74. The Kier molecular flexibility index (Phi) is 30.7. The van der Waals surface area contributed by atoms with Crippen LogP contribution in [0.25, 0.3) is 0 Å². The number of aliphatic hydroxyl groups is 1. The van der Waals surface area contributed by atoms with Crippen molar-refractivity contribution in [2.24, 2.45) is 0 Å². The zero-order valence-corrected chi connectivity index (χ0v) is 32.4. The summed E-state index contributed by atoms with van der Waals surface area (Å²) >= 11 is 0. The van der Waals surface area contributed by atoms with E-state index in [1.165, 1.54) is 116 Å². The van der Waals surface area contributed by atoms with Crippen LogP contribution in [0.15, 0.2) is 12.2 Å². The monoisotopic (exact) mass is 690 g/mol. The smallest absolute Gasteiger partial charge is 0.387 e. The summed E-state index contributed by atoms with van der Waals surface area (Å²) in [5.74, 6) is -0.180. The number of likely N-dealkylation sites (N-methyl/N-ethyl adjacent to an activating group) is 1. The number of quaternary nitrogens is 1. The number of hydrogen-bond donors (Lipinski definition) is 3. The molecule has 0 saturated heterocycles. The number of rotatable bonds is 35. The molecular formula is C38H78N2O6P+. The Balaban J connectivity index is 4.28. The van der Waals surface area contributed by atoms with Gasteiger partial charge in [-0.15, -0.1) is 0 Å². The van der Waals surface area contributed by atoms with Crippen LogP contribution in [0.2, 0.25) is 0 Å². The maximum absolute atomic E-state index is 12.7. The highest BCUT2D eigenvalue weighted by Gasteiger charge is 2.27. The molecule has 0 rings (SSSR count). The van der Waals surface area contributed by atoms with Crippen LogP contribution in [0, 0.1) is 0 Å². The van der Waals surface area contributed by atoms with Gasteiger partial charge < -0.3 is 19.8 Å². The van der Waals surface area contributed by atoms with E-state index in [0.29, 0.717) is 17.4 Å². The number of hydrogen-bond acceptors (Lipinski definition) is 5. The van der Waals surface area contributed by atoms with Gasteiger partial charge >= 0.3 is 7.82 Å². The van der Waals surface area contributed by atoms with Crippen molar-refractivity contribution in [2.45, 2.75) is 187 Å². The number of carbonyl (C=O) groups is 1. The fourth-order valence-electron chi connectivity index (χ4n) is 5.57. The van der Waals surface area contributed by atoms with E-state index < -0.39 is 20.0 Å². The second-order valence-corrected chi connectivity index (χ2v) is 16.1. The standard InChI is InChI=1S/C38H77N2O6P/c1-6-8-10-12-14-15-16-17-18-19-20-21-22-23-24-26-28-30-32-38(42)39-36(37(41)31-29-27-25-13-11-9-7-2)35-46-47(43,44)45-34-33-40(3,4)5/h29,31,36-37,41H,6-28,30,32-35H2,1-5H3,(H-,39,42,43,44)/p+1/b31-29+. The van der Waals surface area contributed by atoms with Crippen LogP contribution in [0.1, 0.15) is 174 Å². The van der Waals surface area contributed by atoms with E-state index in [1.54, 1.807) is 6.08 Å². The Bertz CT molecular complexity index is 789. The van der Waals surface area contributed by atoms with Crippen molar-refractivity contribution >= 4 is 13.7 Å². The number of unbranched alkanes of at least 4 members (excludes halogenated alkanes) is 22. The molecule has 0 bridgehead atoms. The summed E-state index contributed by atoms with van der Waals surface area (Å²) in [6, 6.07) is -0.836. The molecule has 0 aliphatic carbocycles. The van der Waals surface area contributed by atoms with Gasteiger partial charge in [0, 0.05) is 6.42 Å². The van der Waals surface area contributed by atoms with Crippen molar-refractivity contribution < 1.29 is 32.9 Å². The second kappa shape index (κ2) is 31.2. The SMILES string of the molecule is CCCCCCC/C=C/C(O)C(COP(=O)(O)OCC[N+](C)(C)C)NC(=O)CCCCCCCCCCCCCCCCCCCC. The molecule has 0 aromatic carbocycles. The molecule has 0 radical (unpaired) electrons. The molecule has 280 valence electrons. The van der Waals surface area contributed by atoms with E-state index in [-0.39, 0.29) is 19.1 Å². The van der Waals surface area contributed by atoms with Crippen LogP contribution in [0.3, 0.4) is 0 Å². The quantitative estimate of drug-likeness (QED) is 0.0265. The van der Waals surface area contributed by atoms with Gasteiger partial charge in [-0.25, -0.2) is 4.57 Å². The molecule has 3 unspecified atom stereocenters. The van der Waals surface area contributed by atoms with Crippen LogP contribution >= 0.6 is 7.82 Å². The van der Waals surface area contributed by atoms with Crippen molar-refractivity contribution in [3.8, 4) is 0 Å². The normalized spacial score (nSPS) is 14.8. The lowest BCUT2D eigenvalue weighted by molar-refractivity contribution is -0.870. The van der Waals surface area contributed by atoms with Crippen molar-refractivity contribution in [1.29, 1.82) is 0 Å². The Morgan fingerprint density at radius 1 is 0.702 bits per heavy atom. The molecule has 1 amide bonds. The Hall–Kier alpha value is -0.760. The van der Waals surface area contributed by atoms with Gasteiger partial charge in [0.05, 0.1) is 39.9 Å². The predicted molar refractivity (Wildman–Crippen MR) is 198 cm³/mol. The molecule has 0 aromatic heterocycles. The highest BCUT2D eigenvalue weighted by Crippen LogP contribution is 2.43. The average molecular weight is 690 g/mol. The lowest BCUT2D eigenvalue weighted by atomic mass is 10.0. The van der Waals surface area contributed by atoms with E-state index in [9.17, 15) is 19.4 Å². The van der Waals surface area contributed by atoms with Gasteiger partial charge in [-0.1, -0.05) is 161 Å². The molecule has 0 aliphatic rings. The fourth-order valence-corrected chi connectivity index (χ4v) is 6.31. The van der Waals surface area contributed by atoms with Gasteiger partial charge in [-0.2, -0.15) is 0 Å². The van der Waals surface area contributed by atoms with E-state index >= 15 is 0 Å². The van der Waals surface area contributed by atoms with E-state index in [1.807, 2.05) is 27.2 Å². The minimum Gasteiger partial charge on any atom is -0.387 e. The average Bonchev–Trinajstić information content (AvgIpc) is 3.01. The number of phosphoric acid groups is 1. The molecule has 0 saturated carbocycles. The van der Waals surface area contributed by atoms with Gasteiger partial charge in [-0.3, -0.25) is 13.8 Å². The molecule has 0 aliphatic heterocycles. The number of nitrogens with zero attached hydrogens (tertiary/aromatic N) is 1. The van der Waals surface area contributed by atoms with E-state index in [4.69, 9.17) is 9.05 Å². The first kappa shape index (κ1) is 46.2. The van der Waals surface area contributed by atoms with Crippen LogP contribution in [-0.4, -0.2) is 73.4 Å². The summed E-state index contributed by atoms with van der Waals surface area (Å²) in [4.78, 5) is 22.9. The highest BCUT2D eigenvalue weighted by molar-refractivity contribution is 7.47. The van der Waals surface area contributed by atoms with E-state index in [2.05, 4.69) is 19.2 Å². The van der Waals surface area contributed by atoms with Crippen LogP contribution in [0.5, 0.6) is 0 Å². The molecule has 0 aromatic rings. The van der Waals surface area contributed by atoms with Crippen molar-refractivity contribution in [3.63, 3.8) is 0 Å². The summed E-state index contributed by atoms with van der Waals surface area (Å²) < 4.78 is 23.4. The van der Waals surface area contributed by atoms with Crippen molar-refractivity contribution in [2.75, 3.05) is 40.9 Å². The van der Waals surface area contributed by atoms with Gasteiger partial charge in [0.1, 0.15) is 13.2 Å². The first-order valence-electron chi connectivity index (χ1n) is 19.6. The maximum atomic E-state index is 12.7. The topological polar surface area (TPSA) is 105 Å². The first-order chi connectivity index (χ1) is 22.5. The maximum Gasteiger partial charge on any atom is 0.472 e. The molecule has 3 atom stereocenters. The molecule has 9 heteroatoms. The third kappa shape index (κ3) is 33.5. The molecular weight excluding hydrogens is 611 g/mol. The van der Waals surface area contributed by atoms with Crippen LogP contribution in [-0.2, 0) is 18.4 Å². The number of amides is 1. The highest BCUT2D eigenvalue weighted by atomic mass is 31.2. The Morgan fingerprint density at radius 2 is 1.13 bits per heavy atom. The zero-order chi connectivity index (χ0) is 35.1. The Morgan fingerprint density at radius 3 is 1.57 bits per heavy atom. The second-order valence-electron chi connectivity index (χ2n) is 14.7. The number of aliphatic hydroxyl groups excluding tert-OH is 1. The van der Waals surface area contributed by atoms with Gasteiger partial charge in [0.25, 0.3) is 0 Å². The fraction of sp³-hybridized carbons (Fsp3) is 0.921. The lowest BCUT2D eigenvalue weighted by Crippen LogP contribution is -2.45. The molecule has 0 heterocycles. The molecule has 47 heavy (non-hydrogen) atoms. The minimum absolute atomic E-state index is 0.0636. The summed E-state index contributed by atoms with van der Waals surface area (Å²) in [5.41, 5.74) is 0. The number of nitrogens with one attached hydrogen (secondary N) is 1. The number of allylic oxidation sites excluding steroid dienone is 1. The predicted octanol–water partition coefficient (Wildman–Crippen LogP) is 10.0. The lowest BCUT2D eigenvalue weighted by Gasteiger charge is -2.25. The zero-order valence-electron chi connectivity index (χ0n) is 31.5. The summed E-state index contributed by atoms with van der Waals surface area (Å²) in [6.45, 7) is 4.75. The first-order valence-corrected chi connectivity index (χ1v) is 21.1.